The minimum absolute atomic E-state index is 0.00650. The summed E-state index contributed by atoms with van der Waals surface area (Å²) in [7, 11) is 0. The molecule has 2 aliphatic rings. The maximum atomic E-state index is 14.3. The largest absolute Gasteiger partial charge is 0.623 e. The van der Waals surface area contributed by atoms with E-state index in [1.807, 2.05) is 19.1 Å². The van der Waals surface area contributed by atoms with Gasteiger partial charge in [0.05, 0.1) is 16.8 Å². The van der Waals surface area contributed by atoms with Crippen molar-refractivity contribution in [3.05, 3.63) is 70.2 Å². The number of anilines is 1. The van der Waals surface area contributed by atoms with Crippen LogP contribution in [0.5, 0.6) is 0 Å². The summed E-state index contributed by atoms with van der Waals surface area (Å²) in [6.07, 6.45) is 0.748. The zero-order valence-corrected chi connectivity index (χ0v) is 12.6. The van der Waals surface area contributed by atoms with E-state index in [2.05, 4.69) is 0 Å². The Labute approximate surface area is 133 Å². The Bertz CT molecular complexity index is 860. The number of hydroxylamine groups is 1. The summed E-state index contributed by atoms with van der Waals surface area (Å²) in [6, 6.07) is 11.8. The molecule has 0 fully saturated rings. The minimum Gasteiger partial charge on any atom is -0.623 e. The van der Waals surface area contributed by atoms with E-state index in [9.17, 15) is 14.4 Å². The van der Waals surface area contributed by atoms with Crippen molar-refractivity contribution < 1.29 is 13.9 Å². The molecule has 0 spiro atoms. The number of amides is 1. The van der Waals surface area contributed by atoms with Crippen LogP contribution in [0, 0.1) is 11.0 Å². The molecule has 0 radical (unpaired) electrons. The number of nitrogens with zero attached hydrogens (tertiary/aromatic N) is 2. The molecule has 0 N–H and O–H groups in total. The van der Waals surface area contributed by atoms with E-state index < -0.39 is 5.82 Å². The van der Waals surface area contributed by atoms with Gasteiger partial charge in [0, 0.05) is 6.04 Å². The molecule has 1 unspecified atom stereocenters. The van der Waals surface area contributed by atoms with Gasteiger partial charge in [0.15, 0.2) is 0 Å². The van der Waals surface area contributed by atoms with Gasteiger partial charge in [-0.1, -0.05) is 24.3 Å². The fraction of sp³-hybridized carbons (Fsp3) is 0.222. The van der Waals surface area contributed by atoms with Gasteiger partial charge in [-0.2, -0.15) is 4.74 Å². The molecule has 1 amide bonds. The monoisotopic (exact) mass is 310 g/mol. The standard InChI is InChI=1S/C18H15FN2O2/c1-11-9-12-5-4-7-14-17(12)21(11)16(22)10-20(23)18(14)13-6-2-3-8-15(13)19/h2-8,11H,9-10H2,1H3. The van der Waals surface area contributed by atoms with E-state index in [0.717, 1.165) is 17.7 Å². The molecule has 116 valence electrons. The molecule has 0 bridgehead atoms. The van der Waals surface area contributed by atoms with E-state index in [-0.39, 0.29) is 29.8 Å². The lowest BCUT2D eigenvalue weighted by atomic mass is 9.97. The molecule has 1 atom stereocenters. The van der Waals surface area contributed by atoms with Crippen LogP contribution in [-0.2, 0) is 11.2 Å². The first-order chi connectivity index (χ1) is 11.1. The van der Waals surface area contributed by atoms with Crippen LogP contribution in [0.1, 0.15) is 23.6 Å². The van der Waals surface area contributed by atoms with E-state index in [4.69, 9.17) is 0 Å². The van der Waals surface area contributed by atoms with Crippen LogP contribution in [0.25, 0.3) is 0 Å². The average molecular weight is 310 g/mol. The fourth-order valence-electron chi connectivity index (χ4n) is 3.58. The SMILES string of the molecule is CC1Cc2cccc3c2N1C(=O)C[N+]([O-])=C3c1ccccc1F. The van der Waals surface area contributed by atoms with E-state index in [0.29, 0.717) is 10.3 Å². The Kier molecular flexibility index (Phi) is 2.98. The lowest BCUT2D eigenvalue weighted by Gasteiger charge is -2.20. The molecular weight excluding hydrogens is 295 g/mol. The normalized spacial score (nSPS) is 19.8. The van der Waals surface area contributed by atoms with Crippen LogP contribution in [0.2, 0.25) is 0 Å². The van der Waals surface area contributed by atoms with Gasteiger partial charge < -0.3 is 10.1 Å². The Morgan fingerprint density at radius 2 is 1.91 bits per heavy atom. The van der Waals surface area contributed by atoms with Crippen LogP contribution in [-0.4, -0.2) is 28.9 Å². The number of hydrogen-bond donors (Lipinski definition) is 0. The number of halogens is 1. The van der Waals surface area contributed by atoms with Crippen molar-refractivity contribution in [1.82, 2.24) is 0 Å². The summed E-state index contributed by atoms with van der Waals surface area (Å²) >= 11 is 0. The number of hydrogen-bond acceptors (Lipinski definition) is 2. The van der Waals surface area contributed by atoms with Crippen molar-refractivity contribution in [3.63, 3.8) is 0 Å². The van der Waals surface area contributed by atoms with E-state index >= 15 is 0 Å². The summed E-state index contributed by atoms with van der Waals surface area (Å²) in [5, 5.41) is 12.6. The second-order valence-corrected chi connectivity index (χ2v) is 6.00. The molecule has 0 aromatic heterocycles. The maximum absolute atomic E-state index is 14.3. The van der Waals surface area contributed by atoms with Gasteiger partial charge in [-0.25, -0.2) is 4.39 Å². The molecule has 0 saturated heterocycles. The lowest BCUT2D eigenvalue weighted by molar-refractivity contribution is -0.443. The summed E-state index contributed by atoms with van der Waals surface area (Å²) < 4.78 is 14.9. The first-order valence-corrected chi connectivity index (χ1v) is 7.59. The molecule has 23 heavy (non-hydrogen) atoms. The van der Waals surface area contributed by atoms with Crippen molar-refractivity contribution in [2.45, 2.75) is 19.4 Å². The van der Waals surface area contributed by atoms with Crippen LogP contribution >= 0.6 is 0 Å². The summed E-state index contributed by atoms with van der Waals surface area (Å²) in [5.74, 6) is -0.710. The molecule has 2 heterocycles. The molecule has 2 aromatic carbocycles. The number of para-hydroxylation sites is 1. The van der Waals surface area contributed by atoms with Crippen molar-refractivity contribution >= 4 is 17.3 Å². The lowest BCUT2D eigenvalue weighted by Crippen LogP contribution is -2.39. The third-order valence-electron chi connectivity index (χ3n) is 4.50. The summed E-state index contributed by atoms with van der Waals surface area (Å²) in [6.45, 7) is 1.66. The summed E-state index contributed by atoms with van der Waals surface area (Å²) in [4.78, 5) is 14.2. The predicted molar refractivity (Wildman–Crippen MR) is 85.2 cm³/mol. The Morgan fingerprint density at radius 1 is 1.17 bits per heavy atom. The number of carbonyl (C=O) groups is 1. The number of benzene rings is 2. The van der Waals surface area contributed by atoms with Crippen LogP contribution in [0.15, 0.2) is 42.5 Å². The van der Waals surface area contributed by atoms with Gasteiger partial charge in [0.2, 0.25) is 12.3 Å². The topological polar surface area (TPSA) is 46.4 Å². The first kappa shape index (κ1) is 13.9. The minimum atomic E-state index is -0.465. The van der Waals surface area contributed by atoms with Crippen LogP contribution in [0.4, 0.5) is 10.1 Å². The number of carbonyl (C=O) groups excluding carboxylic acids is 1. The van der Waals surface area contributed by atoms with E-state index in [1.165, 1.54) is 6.07 Å². The van der Waals surface area contributed by atoms with Gasteiger partial charge in [0.25, 0.3) is 5.91 Å². The molecule has 4 nitrogen and oxygen atoms in total. The smallest absolute Gasteiger partial charge is 0.294 e. The van der Waals surface area contributed by atoms with Gasteiger partial charge in [0.1, 0.15) is 5.82 Å². The number of rotatable bonds is 1. The Hall–Kier alpha value is -2.69. The third kappa shape index (κ3) is 1.96. The molecular formula is C18H15FN2O2. The van der Waals surface area contributed by atoms with Crippen LogP contribution < -0.4 is 4.90 Å². The zero-order chi connectivity index (χ0) is 16.1. The average Bonchev–Trinajstić information content (AvgIpc) is 2.80. The molecule has 0 aliphatic carbocycles. The summed E-state index contributed by atoms with van der Waals surface area (Å²) in [5.41, 5.74) is 2.85. The molecule has 2 aromatic rings. The highest BCUT2D eigenvalue weighted by Crippen LogP contribution is 2.38. The first-order valence-electron chi connectivity index (χ1n) is 7.59. The van der Waals surface area contributed by atoms with Gasteiger partial charge in [-0.3, -0.25) is 4.79 Å². The Balaban J connectivity index is 2.04. The van der Waals surface area contributed by atoms with E-state index in [1.54, 1.807) is 29.2 Å². The second-order valence-electron chi connectivity index (χ2n) is 6.00. The highest BCUT2D eigenvalue weighted by atomic mass is 19.1. The highest BCUT2D eigenvalue weighted by molar-refractivity contribution is 6.17. The maximum Gasteiger partial charge on any atom is 0.294 e. The quantitative estimate of drug-likeness (QED) is 0.600. The highest BCUT2D eigenvalue weighted by Gasteiger charge is 2.40. The van der Waals surface area contributed by atoms with Gasteiger partial charge in [-0.05, 0) is 37.1 Å². The third-order valence-corrected chi connectivity index (χ3v) is 4.50. The van der Waals surface area contributed by atoms with Crippen molar-refractivity contribution in [2.24, 2.45) is 0 Å². The predicted octanol–water partition coefficient (Wildman–Crippen LogP) is 2.46. The van der Waals surface area contributed by atoms with Crippen LogP contribution in [0.3, 0.4) is 0 Å². The van der Waals surface area contributed by atoms with Gasteiger partial charge in [-0.15, -0.1) is 0 Å². The second kappa shape index (κ2) is 4.91. The van der Waals surface area contributed by atoms with Crippen molar-refractivity contribution in [1.29, 1.82) is 0 Å². The molecule has 2 aliphatic heterocycles. The Morgan fingerprint density at radius 3 is 2.70 bits per heavy atom. The molecule has 0 saturated carbocycles. The van der Waals surface area contributed by atoms with Crippen molar-refractivity contribution in [3.8, 4) is 0 Å². The van der Waals surface area contributed by atoms with Gasteiger partial charge >= 0.3 is 0 Å². The molecule has 4 rings (SSSR count). The van der Waals surface area contributed by atoms with Crippen molar-refractivity contribution in [2.75, 3.05) is 11.4 Å². The zero-order valence-electron chi connectivity index (χ0n) is 12.6. The fourth-order valence-corrected chi connectivity index (χ4v) is 3.58. The molecule has 5 heteroatoms.